The Hall–Kier alpha value is -0.770. The molecule has 1 heterocycles. The smallest absolute Gasteiger partial charge is 0.247 e. The Morgan fingerprint density at radius 1 is 1.31 bits per heavy atom. The van der Waals surface area contributed by atoms with Crippen molar-refractivity contribution in [3.63, 3.8) is 0 Å². The first-order valence-electron chi connectivity index (χ1n) is 4.65. The summed E-state index contributed by atoms with van der Waals surface area (Å²) in [5.41, 5.74) is 8.32. The van der Waals surface area contributed by atoms with E-state index in [1.807, 2.05) is 0 Å². The van der Waals surface area contributed by atoms with Crippen LogP contribution in [0.1, 0.15) is 32.6 Å². The fraction of sp³-hybridized carbons (Fsp3) is 1.00. The molecule has 72 valence electrons. The third kappa shape index (κ3) is 1.63. The van der Waals surface area contributed by atoms with Gasteiger partial charge in [-0.1, -0.05) is 12.8 Å². The average Bonchev–Trinajstić information content (AvgIpc) is 2.40. The lowest BCUT2D eigenvalue weighted by molar-refractivity contribution is -0.154. The van der Waals surface area contributed by atoms with Crippen LogP contribution in [-0.4, -0.2) is 18.1 Å². The molecule has 0 N–H and O–H groups in total. The summed E-state index contributed by atoms with van der Waals surface area (Å²) in [6, 6.07) is 0. The number of fused-ring (bicyclic) bond motifs is 1. The van der Waals surface area contributed by atoms with Gasteiger partial charge in [0.2, 0.25) is 5.91 Å². The molecule has 0 aromatic carbocycles. The minimum atomic E-state index is -1.06. The monoisotopic (exact) mass is 183 g/mol. The zero-order valence-electron chi connectivity index (χ0n) is 7.64. The van der Waals surface area contributed by atoms with E-state index in [2.05, 4.69) is 10.0 Å². The number of hydrogen-bond acceptors (Lipinski definition) is 3. The molecule has 1 saturated carbocycles. The van der Waals surface area contributed by atoms with Crippen molar-refractivity contribution in [2.45, 2.75) is 50.7 Å². The van der Waals surface area contributed by atoms with Gasteiger partial charge >= 0.3 is 0 Å². The van der Waals surface area contributed by atoms with Crippen molar-refractivity contribution in [2.75, 3.05) is 0 Å². The quantitative estimate of drug-likeness (QED) is 0.355. The van der Waals surface area contributed by atoms with Crippen molar-refractivity contribution >= 4 is 0 Å². The Bertz CT molecular complexity index is 236. The maximum Gasteiger partial charge on any atom is 0.247 e. The lowest BCUT2D eigenvalue weighted by Crippen LogP contribution is -2.25. The van der Waals surface area contributed by atoms with E-state index < -0.39 is 5.91 Å². The van der Waals surface area contributed by atoms with Crippen molar-refractivity contribution in [1.82, 2.24) is 0 Å². The summed E-state index contributed by atoms with van der Waals surface area (Å²) < 4.78 is 11.1. The van der Waals surface area contributed by atoms with Crippen LogP contribution in [0.3, 0.4) is 0 Å². The Kier molecular flexibility index (Phi) is 2.15. The van der Waals surface area contributed by atoms with Gasteiger partial charge in [0.1, 0.15) is 0 Å². The van der Waals surface area contributed by atoms with E-state index >= 15 is 0 Å². The normalized spacial score (nSPS) is 43.8. The highest BCUT2D eigenvalue weighted by molar-refractivity contribution is 4.85. The fourth-order valence-corrected chi connectivity index (χ4v) is 2.05. The van der Waals surface area contributed by atoms with Crippen molar-refractivity contribution in [2.24, 2.45) is 5.11 Å². The summed E-state index contributed by atoms with van der Waals surface area (Å²) in [6.45, 7) is 1.67. The molecule has 1 aliphatic heterocycles. The van der Waals surface area contributed by atoms with Gasteiger partial charge in [0.15, 0.2) is 0 Å². The highest BCUT2D eigenvalue weighted by atomic mass is 16.8. The molecule has 0 spiro atoms. The van der Waals surface area contributed by atoms with Gasteiger partial charge < -0.3 is 9.47 Å². The summed E-state index contributed by atoms with van der Waals surface area (Å²) in [5, 5.41) is 3.52. The van der Waals surface area contributed by atoms with Crippen molar-refractivity contribution in [1.29, 1.82) is 0 Å². The van der Waals surface area contributed by atoms with Crippen LogP contribution in [0.2, 0.25) is 0 Å². The molecule has 2 aliphatic rings. The number of ether oxygens (including phenoxy) is 2. The first kappa shape index (κ1) is 8.81. The molecule has 2 fully saturated rings. The van der Waals surface area contributed by atoms with E-state index in [4.69, 9.17) is 15.0 Å². The lowest BCUT2D eigenvalue weighted by Gasteiger charge is -2.21. The Morgan fingerprint density at radius 3 is 2.31 bits per heavy atom. The fourth-order valence-electron chi connectivity index (χ4n) is 2.05. The van der Waals surface area contributed by atoms with Gasteiger partial charge in [-0.05, 0) is 30.4 Å². The summed E-state index contributed by atoms with van der Waals surface area (Å²) in [4.78, 5) is 2.72. The van der Waals surface area contributed by atoms with Gasteiger partial charge in [-0.25, -0.2) is 0 Å². The van der Waals surface area contributed by atoms with Crippen LogP contribution in [0.4, 0.5) is 0 Å². The van der Waals surface area contributed by atoms with Gasteiger partial charge in [-0.2, -0.15) is 0 Å². The molecule has 2 unspecified atom stereocenters. The number of nitrogens with zero attached hydrogens (tertiary/aromatic N) is 3. The highest BCUT2D eigenvalue weighted by Crippen LogP contribution is 2.37. The summed E-state index contributed by atoms with van der Waals surface area (Å²) in [6.07, 6.45) is 4.64. The first-order valence-corrected chi connectivity index (χ1v) is 4.65. The van der Waals surface area contributed by atoms with Gasteiger partial charge in [-0.3, -0.25) is 0 Å². The predicted octanol–water partition coefficient (Wildman–Crippen LogP) is 2.33. The molecule has 2 atom stereocenters. The van der Waals surface area contributed by atoms with Crippen LogP contribution in [0, 0.1) is 0 Å². The molecule has 0 aromatic heterocycles. The molecular formula is C8H13N3O2. The SMILES string of the molecule is CC1(N=[N+]=[N-])OC2CCCCC2O1. The molecule has 0 aromatic rings. The molecule has 0 amide bonds. The van der Waals surface area contributed by atoms with Crippen LogP contribution in [0.5, 0.6) is 0 Å². The second-order valence-corrected chi connectivity index (χ2v) is 3.68. The molecule has 1 saturated heterocycles. The second kappa shape index (κ2) is 3.18. The minimum absolute atomic E-state index is 0.129. The Labute approximate surface area is 76.6 Å². The average molecular weight is 183 g/mol. The van der Waals surface area contributed by atoms with E-state index in [1.165, 1.54) is 12.8 Å². The third-order valence-corrected chi connectivity index (χ3v) is 2.61. The number of rotatable bonds is 1. The highest BCUT2D eigenvalue weighted by Gasteiger charge is 2.44. The van der Waals surface area contributed by atoms with Gasteiger partial charge in [-0.15, -0.1) is 0 Å². The zero-order valence-corrected chi connectivity index (χ0v) is 7.64. The standard InChI is InChI=1S/C8H13N3O2/c1-8(10-11-9)12-6-4-2-3-5-7(6)13-8/h6-7H,2-5H2,1H3. The van der Waals surface area contributed by atoms with Crippen LogP contribution in [0.25, 0.3) is 10.4 Å². The molecule has 2 rings (SSSR count). The van der Waals surface area contributed by atoms with Crippen LogP contribution < -0.4 is 0 Å². The zero-order chi connectivity index (χ0) is 9.31. The minimum Gasteiger partial charge on any atom is -0.339 e. The lowest BCUT2D eigenvalue weighted by atomic mass is 9.95. The van der Waals surface area contributed by atoms with E-state index in [-0.39, 0.29) is 12.2 Å². The van der Waals surface area contributed by atoms with Crippen molar-refractivity contribution < 1.29 is 9.47 Å². The largest absolute Gasteiger partial charge is 0.339 e. The van der Waals surface area contributed by atoms with Crippen LogP contribution in [-0.2, 0) is 9.47 Å². The topological polar surface area (TPSA) is 67.2 Å². The second-order valence-electron chi connectivity index (χ2n) is 3.68. The van der Waals surface area contributed by atoms with Crippen LogP contribution in [0.15, 0.2) is 5.11 Å². The maximum atomic E-state index is 8.32. The molecule has 1 aliphatic carbocycles. The molecule has 0 radical (unpaired) electrons. The Morgan fingerprint density at radius 2 is 1.85 bits per heavy atom. The van der Waals surface area contributed by atoms with E-state index in [1.54, 1.807) is 6.92 Å². The summed E-state index contributed by atoms with van der Waals surface area (Å²) >= 11 is 0. The summed E-state index contributed by atoms with van der Waals surface area (Å²) in [7, 11) is 0. The molecule has 5 nitrogen and oxygen atoms in total. The van der Waals surface area contributed by atoms with E-state index in [0.29, 0.717) is 0 Å². The Balaban J connectivity index is 2.09. The van der Waals surface area contributed by atoms with Crippen molar-refractivity contribution in [3.05, 3.63) is 10.4 Å². The van der Waals surface area contributed by atoms with Crippen LogP contribution >= 0.6 is 0 Å². The first-order chi connectivity index (χ1) is 6.23. The molecular weight excluding hydrogens is 170 g/mol. The van der Waals surface area contributed by atoms with Gasteiger partial charge in [0, 0.05) is 4.91 Å². The van der Waals surface area contributed by atoms with E-state index in [9.17, 15) is 0 Å². The van der Waals surface area contributed by atoms with Crippen molar-refractivity contribution in [3.8, 4) is 0 Å². The number of hydrogen-bond donors (Lipinski definition) is 0. The summed E-state index contributed by atoms with van der Waals surface area (Å²) in [5.74, 6) is -1.06. The van der Waals surface area contributed by atoms with Gasteiger partial charge in [0.25, 0.3) is 0 Å². The van der Waals surface area contributed by atoms with Gasteiger partial charge in [0.05, 0.1) is 12.2 Å². The molecule has 13 heavy (non-hydrogen) atoms. The van der Waals surface area contributed by atoms with E-state index in [0.717, 1.165) is 12.8 Å². The number of azide groups is 1. The maximum absolute atomic E-state index is 8.32. The predicted molar refractivity (Wildman–Crippen MR) is 45.8 cm³/mol. The molecule has 5 heteroatoms. The molecule has 0 bridgehead atoms. The third-order valence-electron chi connectivity index (χ3n) is 2.61.